The van der Waals surface area contributed by atoms with Crippen LogP contribution in [0.1, 0.15) is 0 Å². The Hall–Kier alpha value is -2.04. The Morgan fingerprint density at radius 1 is 0.957 bits per heavy atom. The molecule has 5 heteroatoms. The molecule has 0 aliphatic heterocycles. The van der Waals surface area contributed by atoms with Crippen molar-refractivity contribution in [3.63, 3.8) is 0 Å². The molecular formula is C18H12BrClO3. The second-order valence-corrected chi connectivity index (χ2v) is 6.10. The second kappa shape index (κ2) is 7.02. The van der Waals surface area contributed by atoms with Crippen molar-refractivity contribution < 1.29 is 14.3 Å². The van der Waals surface area contributed by atoms with Gasteiger partial charge in [-0.05, 0) is 41.8 Å². The first-order chi connectivity index (χ1) is 11.1. The number of hydrogen-bond acceptors (Lipinski definition) is 3. The SMILES string of the molecule is O=C(COc1ccc(Cl)cc1)Oc1ccc(Br)c2ccccc12. The van der Waals surface area contributed by atoms with Crippen molar-refractivity contribution in [1.82, 2.24) is 0 Å². The maximum Gasteiger partial charge on any atom is 0.349 e. The van der Waals surface area contributed by atoms with Gasteiger partial charge in [-0.3, -0.25) is 0 Å². The minimum atomic E-state index is -0.465. The van der Waals surface area contributed by atoms with Crippen LogP contribution in [0.15, 0.2) is 65.1 Å². The Morgan fingerprint density at radius 2 is 1.65 bits per heavy atom. The van der Waals surface area contributed by atoms with Gasteiger partial charge >= 0.3 is 5.97 Å². The van der Waals surface area contributed by atoms with Crippen LogP contribution in [0.3, 0.4) is 0 Å². The summed E-state index contributed by atoms with van der Waals surface area (Å²) in [5.74, 6) is 0.605. The number of carbonyl (C=O) groups excluding carboxylic acids is 1. The molecule has 0 N–H and O–H groups in total. The van der Waals surface area contributed by atoms with Gasteiger partial charge < -0.3 is 9.47 Å². The fraction of sp³-hybridized carbons (Fsp3) is 0.0556. The molecule has 0 radical (unpaired) electrons. The number of fused-ring (bicyclic) bond motifs is 1. The highest BCUT2D eigenvalue weighted by molar-refractivity contribution is 9.10. The van der Waals surface area contributed by atoms with E-state index in [0.29, 0.717) is 16.5 Å². The Kier molecular flexibility index (Phi) is 4.84. The van der Waals surface area contributed by atoms with E-state index in [1.165, 1.54) is 0 Å². The lowest BCUT2D eigenvalue weighted by molar-refractivity contribution is -0.136. The highest BCUT2D eigenvalue weighted by Gasteiger charge is 2.10. The lowest BCUT2D eigenvalue weighted by atomic mass is 10.1. The monoisotopic (exact) mass is 390 g/mol. The standard InChI is InChI=1S/C18H12BrClO3/c19-16-9-10-17(15-4-2-1-3-14(15)16)23-18(21)11-22-13-7-5-12(20)6-8-13/h1-10H,11H2. The van der Waals surface area contributed by atoms with Gasteiger partial charge in [0.05, 0.1) is 0 Å². The fourth-order valence-corrected chi connectivity index (χ4v) is 2.75. The number of benzene rings is 3. The minimum absolute atomic E-state index is 0.175. The molecule has 0 atom stereocenters. The highest BCUT2D eigenvalue weighted by atomic mass is 79.9. The lowest BCUT2D eigenvalue weighted by Gasteiger charge is -2.10. The average Bonchev–Trinajstić information content (AvgIpc) is 2.57. The number of ether oxygens (including phenoxy) is 2. The molecule has 23 heavy (non-hydrogen) atoms. The van der Waals surface area contributed by atoms with Crippen LogP contribution < -0.4 is 9.47 Å². The maximum atomic E-state index is 12.0. The summed E-state index contributed by atoms with van der Waals surface area (Å²) in [6.45, 7) is -0.175. The smallest absolute Gasteiger partial charge is 0.349 e. The van der Waals surface area contributed by atoms with E-state index in [2.05, 4.69) is 15.9 Å². The number of esters is 1. The molecule has 3 aromatic rings. The second-order valence-electron chi connectivity index (χ2n) is 4.81. The van der Waals surface area contributed by atoms with E-state index in [0.717, 1.165) is 15.2 Å². The zero-order valence-electron chi connectivity index (χ0n) is 12.0. The van der Waals surface area contributed by atoms with E-state index in [1.54, 1.807) is 30.3 Å². The highest BCUT2D eigenvalue weighted by Crippen LogP contribution is 2.31. The largest absolute Gasteiger partial charge is 0.482 e. The van der Waals surface area contributed by atoms with Gasteiger partial charge in [0, 0.05) is 14.9 Å². The lowest BCUT2D eigenvalue weighted by Crippen LogP contribution is -2.17. The molecule has 0 bridgehead atoms. The molecule has 3 rings (SSSR count). The first-order valence-corrected chi connectivity index (χ1v) is 8.07. The first-order valence-electron chi connectivity index (χ1n) is 6.90. The molecule has 116 valence electrons. The van der Waals surface area contributed by atoms with Crippen molar-refractivity contribution in [2.75, 3.05) is 6.61 Å². The Morgan fingerprint density at radius 3 is 2.39 bits per heavy atom. The summed E-state index contributed by atoms with van der Waals surface area (Å²) in [7, 11) is 0. The maximum absolute atomic E-state index is 12.0. The molecule has 0 saturated heterocycles. The number of halogens is 2. The quantitative estimate of drug-likeness (QED) is 0.451. The predicted molar refractivity (Wildman–Crippen MR) is 94.2 cm³/mol. The molecule has 3 nitrogen and oxygen atoms in total. The van der Waals surface area contributed by atoms with Crippen LogP contribution in [-0.4, -0.2) is 12.6 Å². The van der Waals surface area contributed by atoms with Crippen molar-refractivity contribution >= 4 is 44.3 Å². The summed E-state index contributed by atoms with van der Waals surface area (Å²) in [5.41, 5.74) is 0. The van der Waals surface area contributed by atoms with Gasteiger partial charge in [-0.1, -0.05) is 51.8 Å². The van der Waals surface area contributed by atoms with Crippen LogP contribution in [0.5, 0.6) is 11.5 Å². The van der Waals surface area contributed by atoms with Gasteiger partial charge in [0.2, 0.25) is 0 Å². The van der Waals surface area contributed by atoms with Crippen molar-refractivity contribution in [3.05, 3.63) is 70.2 Å². The summed E-state index contributed by atoms with van der Waals surface area (Å²) in [5, 5.41) is 2.46. The molecular weight excluding hydrogens is 380 g/mol. The van der Waals surface area contributed by atoms with Gasteiger partial charge in [0.15, 0.2) is 6.61 Å². The van der Waals surface area contributed by atoms with Crippen LogP contribution >= 0.6 is 27.5 Å². The summed E-state index contributed by atoms with van der Waals surface area (Å²) in [6.07, 6.45) is 0. The Balaban J connectivity index is 1.71. The third-order valence-electron chi connectivity index (χ3n) is 3.22. The number of hydrogen-bond donors (Lipinski definition) is 0. The molecule has 0 aliphatic carbocycles. The molecule has 0 fully saturated rings. The third kappa shape index (κ3) is 3.84. The Labute approximate surface area is 146 Å². The minimum Gasteiger partial charge on any atom is -0.482 e. The van der Waals surface area contributed by atoms with Gasteiger partial charge in [0.1, 0.15) is 11.5 Å². The van der Waals surface area contributed by atoms with Crippen molar-refractivity contribution in [2.45, 2.75) is 0 Å². The van der Waals surface area contributed by atoms with Crippen LogP contribution in [0.4, 0.5) is 0 Å². The molecule has 0 amide bonds. The fourth-order valence-electron chi connectivity index (χ4n) is 2.15. The van der Waals surface area contributed by atoms with Crippen LogP contribution in [0, 0.1) is 0 Å². The summed E-state index contributed by atoms with van der Waals surface area (Å²) in [4.78, 5) is 12.0. The first kappa shape index (κ1) is 15.8. The van der Waals surface area contributed by atoms with Crippen LogP contribution in [-0.2, 0) is 4.79 Å². The number of carbonyl (C=O) groups is 1. The van der Waals surface area contributed by atoms with Crippen molar-refractivity contribution in [1.29, 1.82) is 0 Å². The topological polar surface area (TPSA) is 35.5 Å². The molecule has 0 heterocycles. The van der Waals surface area contributed by atoms with Gasteiger partial charge in [0.25, 0.3) is 0 Å². The van der Waals surface area contributed by atoms with E-state index in [-0.39, 0.29) is 6.61 Å². The molecule has 0 aromatic heterocycles. The van der Waals surface area contributed by atoms with E-state index in [1.807, 2.05) is 30.3 Å². The zero-order chi connectivity index (χ0) is 16.2. The summed E-state index contributed by atoms with van der Waals surface area (Å²) >= 11 is 9.29. The van der Waals surface area contributed by atoms with Crippen molar-refractivity contribution in [3.8, 4) is 11.5 Å². The third-order valence-corrected chi connectivity index (χ3v) is 4.17. The van der Waals surface area contributed by atoms with E-state index in [4.69, 9.17) is 21.1 Å². The zero-order valence-corrected chi connectivity index (χ0v) is 14.3. The van der Waals surface area contributed by atoms with Crippen molar-refractivity contribution in [2.24, 2.45) is 0 Å². The van der Waals surface area contributed by atoms with Crippen LogP contribution in [0.25, 0.3) is 10.8 Å². The molecule has 0 unspecified atom stereocenters. The normalized spacial score (nSPS) is 10.5. The predicted octanol–water partition coefficient (Wildman–Crippen LogP) is 5.24. The van der Waals surface area contributed by atoms with E-state index < -0.39 is 5.97 Å². The van der Waals surface area contributed by atoms with Crippen LogP contribution in [0.2, 0.25) is 5.02 Å². The average molecular weight is 392 g/mol. The summed E-state index contributed by atoms with van der Waals surface area (Å²) in [6, 6.07) is 18.1. The van der Waals surface area contributed by atoms with Gasteiger partial charge in [-0.15, -0.1) is 0 Å². The molecule has 0 aliphatic rings. The molecule has 3 aromatic carbocycles. The van der Waals surface area contributed by atoms with E-state index in [9.17, 15) is 4.79 Å². The van der Waals surface area contributed by atoms with Gasteiger partial charge in [-0.25, -0.2) is 4.79 Å². The molecule has 0 spiro atoms. The Bertz CT molecular complexity index is 847. The van der Waals surface area contributed by atoms with E-state index >= 15 is 0 Å². The van der Waals surface area contributed by atoms with Gasteiger partial charge in [-0.2, -0.15) is 0 Å². The molecule has 0 saturated carbocycles. The summed E-state index contributed by atoms with van der Waals surface area (Å²) < 4.78 is 11.8. The number of rotatable bonds is 4.